The third-order valence-electron chi connectivity index (χ3n) is 7.07. The highest BCUT2D eigenvalue weighted by atomic mass is 16.5. The van der Waals surface area contributed by atoms with Crippen molar-refractivity contribution in [1.29, 1.82) is 0 Å². The van der Waals surface area contributed by atoms with E-state index in [1.807, 2.05) is 16.8 Å². The second-order valence-corrected chi connectivity index (χ2v) is 9.89. The van der Waals surface area contributed by atoms with Crippen LogP contribution < -0.4 is 10.2 Å². The number of nitrogens with one attached hydrogen (secondary N) is 1. The van der Waals surface area contributed by atoms with Crippen LogP contribution in [0.15, 0.2) is 30.6 Å². The number of aromatic carboxylic acids is 1. The van der Waals surface area contributed by atoms with E-state index in [0.29, 0.717) is 17.4 Å². The summed E-state index contributed by atoms with van der Waals surface area (Å²) in [4.78, 5) is 30.3. The Kier molecular flexibility index (Phi) is 7.33. The standard InChI is InChI=1S/C26H35N7O3/c1-18(2)36-14-13-31-9-11-32(12-10-31)21-7-8-23(27-17-21)29-26-28-16-19-15-22(25(34)35)33(24(19)30-26)20-5-3-4-6-20/h7-8,15-18,20H,3-6,9-14H2,1-2H3,(H,34,35)(H,27,28,29,30). The second kappa shape index (κ2) is 10.8. The minimum atomic E-state index is -0.934. The minimum absolute atomic E-state index is 0.164. The van der Waals surface area contributed by atoms with Crippen LogP contribution in [0.1, 0.15) is 56.1 Å². The number of aromatic nitrogens is 4. The second-order valence-electron chi connectivity index (χ2n) is 9.89. The predicted octanol–water partition coefficient (Wildman–Crippen LogP) is 3.93. The molecule has 5 rings (SSSR count). The zero-order valence-corrected chi connectivity index (χ0v) is 21.1. The van der Waals surface area contributed by atoms with Crippen molar-refractivity contribution in [3.63, 3.8) is 0 Å². The first kappa shape index (κ1) is 24.5. The molecule has 36 heavy (non-hydrogen) atoms. The number of fused-ring (bicyclic) bond motifs is 1. The van der Waals surface area contributed by atoms with E-state index in [1.54, 1.807) is 12.3 Å². The van der Waals surface area contributed by atoms with Gasteiger partial charge in [0.15, 0.2) is 0 Å². The van der Waals surface area contributed by atoms with E-state index in [-0.39, 0.29) is 17.8 Å². The molecule has 0 atom stereocenters. The van der Waals surface area contributed by atoms with E-state index in [1.165, 1.54) is 0 Å². The van der Waals surface area contributed by atoms with Crippen LogP contribution in [0.25, 0.3) is 11.0 Å². The molecule has 3 aromatic rings. The summed E-state index contributed by atoms with van der Waals surface area (Å²) in [7, 11) is 0. The van der Waals surface area contributed by atoms with Crippen molar-refractivity contribution in [1.82, 2.24) is 24.4 Å². The molecule has 2 N–H and O–H groups in total. The normalized spacial score (nSPS) is 17.4. The predicted molar refractivity (Wildman–Crippen MR) is 139 cm³/mol. The highest BCUT2D eigenvalue weighted by molar-refractivity contribution is 5.93. The topological polar surface area (TPSA) is 109 Å². The van der Waals surface area contributed by atoms with Crippen LogP contribution in [0.4, 0.5) is 17.5 Å². The Morgan fingerprint density at radius 3 is 2.58 bits per heavy atom. The van der Waals surface area contributed by atoms with Crippen LogP contribution in [-0.4, -0.2) is 80.9 Å². The SMILES string of the molecule is CC(C)OCCN1CCN(c2ccc(Nc3ncc4cc(C(=O)O)n(C5CCCC5)c4n3)nc2)CC1. The van der Waals surface area contributed by atoms with Gasteiger partial charge in [0.1, 0.15) is 17.2 Å². The average Bonchev–Trinajstić information content (AvgIpc) is 3.52. The van der Waals surface area contributed by atoms with Crippen molar-refractivity contribution in [2.75, 3.05) is 49.5 Å². The van der Waals surface area contributed by atoms with Crippen molar-refractivity contribution in [3.8, 4) is 0 Å². The Bertz CT molecular complexity index is 1180. The molecule has 192 valence electrons. The van der Waals surface area contributed by atoms with E-state index in [9.17, 15) is 9.90 Å². The van der Waals surface area contributed by atoms with Crippen LogP contribution in [0.2, 0.25) is 0 Å². The number of carboxylic acids is 1. The maximum absolute atomic E-state index is 11.9. The summed E-state index contributed by atoms with van der Waals surface area (Å²) < 4.78 is 7.55. The monoisotopic (exact) mass is 493 g/mol. The van der Waals surface area contributed by atoms with Crippen LogP contribution in [0.5, 0.6) is 0 Å². The molecular weight excluding hydrogens is 458 g/mol. The molecule has 2 aliphatic rings. The summed E-state index contributed by atoms with van der Waals surface area (Å²) in [5.74, 6) is 0.130. The molecule has 0 radical (unpaired) electrons. The third-order valence-corrected chi connectivity index (χ3v) is 7.07. The number of ether oxygens (including phenoxy) is 1. The highest BCUT2D eigenvalue weighted by Gasteiger charge is 2.25. The Morgan fingerprint density at radius 1 is 1.14 bits per heavy atom. The third kappa shape index (κ3) is 5.44. The van der Waals surface area contributed by atoms with Crippen molar-refractivity contribution >= 4 is 34.5 Å². The molecule has 0 bridgehead atoms. The zero-order chi connectivity index (χ0) is 25.1. The smallest absolute Gasteiger partial charge is 0.352 e. The van der Waals surface area contributed by atoms with Gasteiger partial charge < -0.3 is 24.6 Å². The molecule has 0 spiro atoms. The van der Waals surface area contributed by atoms with Gasteiger partial charge in [-0.15, -0.1) is 0 Å². The fourth-order valence-electron chi connectivity index (χ4n) is 5.17. The Hall–Kier alpha value is -3.24. The summed E-state index contributed by atoms with van der Waals surface area (Å²) in [6, 6.07) is 5.83. The van der Waals surface area contributed by atoms with Crippen molar-refractivity contribution in [3.05, 3.63) is 36.3 Å². The fourth-order valence-corrected chi connectivity index (χ4v) is 5.17. The molecule has 1 aliphatic carbocycles. The van der Waals surface area contributed by atoms with E-state index < -0.39 is 5.97 Å². The van der Waals surface area contributed by atoms with Gasteiger partial charge in [-0.1, -0.05) is 12.8 Å². The van der Waals surface area contributed by atoms with Gasteiger partial charge in [-0.2, -0.15) is 4.98 Å². The molecule has 1 saturated heterocycles. The first-order valence-electron chi connectivity index (χ1n) is 12.9. The van der Waals surface area contributed by atoms with Gasteiger partial charge in [0.2, 0.25) is 5.95 Å². The van der Waals surface area contributed by atoms with E-state index >= 15 is 0 Å². The lowest BCUT2D eigenvalue weighted by Gasteiger charge is -2.36. The zero-order valence-electron chi connectivity index (χ0n) is 21.1. The lowest BCUT2D eigenvalue weighted by atomic mass is 10.2. The molecule has 0 amide bonds. The summed E-state index contributed by atoms with van der Waals surface area (Å²) in [6.45, 7) is 9.81. The first-order valence-corrected chi connectivity index (χ1v) is 12.9. The fraction of sp³-hybridized carbons (Fsp3) is 0.538. The number of piperazine rings is 1. The summed E-state index contributed by atoms with van der Waals surface area (Å²) in [5, 5.41) is 13.7. The summed E-state index contributed by atoms with van der Waals surface area (Å²) in [5.41, 5.74) is 2.03. The molecule has 1 saturated carbocycles. The molecule has 4 heterocycles. The maximum atomic E-state index is 11.9. The Morgan fingerprint density at radius 2 is 1.92 bits per heavy atom. The quantitative estimate of drug-likeness (QED) is 0.458. The molecule has 10 nitrogen and oxygen atoms in total. The lowest BCUT2D eigenvalue weighted by molar-refractivity contribution is 0.0579. The number of carboxylic acid groups (broad SMARTS) is 1. The van der Waals surface area contributed by atoms with E-state index in [2.05, 4.69) is 50.0 Å². The number of carbonyl (C=O) groups is 1. The number of hydrogen-bond acceptors (Lipinski definition) is 8. The van der Waals surface area contributed by atoms with Crippen LogP contribution in [-0.2, 0) is 4.74 Å². The van der Waals surface area contributed by atoms with Gasteiger partial charge in [-0.05, 0) is 44.9 Å². The summed E-state index contributed by atoms with van der Waals surface area (Å²) >= 11 is 0. The van der Waals surface area contributed by atoms with E-state index in [0.717, 1.165) is 76.1 Å². The van der Waals surface area contributed by atoms with Gasteiger partial charge in [-0.25, -0.2) is 14.8 Å². The molecule has 0 unspecified atom stereocenters. The summed E-state index contributed by atoms with van der Waals surface area (Å²) in [6.07, 6.45) is 8.00. The molecule has 10 heteroatoms. The van der Waals surface area contributed by atoms with E-state index in [4.69, 9.17) is 4.74 Å². The number of hydrogen-bond donors (Lipinski definition) is 2. The Balaban J connectivity index is 1.24. The largest absolute Gasteiger partial charge is 0.477 e. The van der Waals surface area contributed by atoms with Crippen molar-refractivity contribution in [2.45, 2.75) is 51.7 Å². The number of pyridine rings is 1. The van der Waals surface area contributed by atoms with Gasteiger partial charge in [0.25, 0.3) is 0 Å². The maximum Gasteiger partial charge on any atom is 0.352 e. The van der Waals surface area contributed by atoms with Crippen molar-refractivity contribution < 1.29 is 14.6 Å². The van der Waals surface area contributed by atoms with Crippen LogP contribution >= 0.6 is 0 Å². The van der Waals surface area contributed by atoms with Gasteiger partial charge in [0, 0.05) is 50.3 Å². The van der Waals surface area contributed by atoms with Crippen LogP contribution in [0, 0.1) is 0 Å². The van der Waals surface area contributed by atoms with Crippen molar-refractivity contribution in [2.24, 2.45) is 0 Å². The molecule has 3 aromatic heterocycles. The number of anilines is 3. The lowest BCUT2D eigenvalue weighted by Crippen LogP contribution is -2.47. The minimum Gasteiger partial charge on any atom is -0.477 e. The van der Waals surface area contributed by atoms with Gasteiger partial charge in [0.05, 0.1) is 24.6 Å². The molecule has 0 aromatic carbocycles. The van der Waals surface area contributed by atoms with Gasteiger partial charge in [-0.3, -0.25) is 4.90 Å². The number of nitrogens with zero attached hydrogens (tertiary/aromatic N) is 6. The molecule has 1 aliphatic heterocycles. The Labute approximate surface area is 211 Å². The first-order chi connectivity index (χ1) is 17.5. The number of rotatable bonds is 9. The average molecular weight is 494 g/mol. The molecular formula is C26H35N7O3. The molecule has 2 fully saturated rings. The van der Waals surface area contributed by atoms with Gasteiger partial charge >= 0.3 is 5.97 Å². The highest BCUT2D eigenvalue weighted by Crippen LogP contribution is 2.34. The van der Waals surface area contributed by atoms with Crippen LogP contribution in [0.3, 0.4) is 0 Å².